The molecule has 0 fully saturated rings. The summed E-state index contributed by atoms with van der Waals surface area (Å²) in [5.41, 5.74) is 0.742. The van der Waals surface area contributed by atoms with E-state index in [0.717, 1.165) is 11.3 Å². The number of nitrogens with zero attached hydrogens (tertiary/aromatic N) is 2. The van der Waals surface area contributed by atoms with Gasteiger partial charge in [-0.05, 0) is 35.6 Å². The van der Waals surface area contributed by atoms with Crippen LogP contribution < -0.4 is 15.4 Å². The van der Waals surface area contributed by atoms with Crippen LogP contribution in [0.1, 0.15) is 41.0 Å². The Morgan fingerprint density at radius 3 is 2.32 bits per heavy atom. The van der Waals surface area contributed by atoms with E-state index in [-0.39, 0.29) is 23.1 Å². The first-order valence-electron chi connectivity index (χ1n) is 9.17. The summed E-state index contributed by atoms with van der Waals surface area (Å²) in [6, 6.07) is 6.81. The monoisotopic (exact) mass is 404 g/mol. The molecule has 2 N–H and O–H groups in total. The molecule has 0 aliphatic heterocycles. The van der Waals surface area contributed by atoms with Gasteiger partial charge in [-0.25, -0.2) is 0 Å². The molecule has 0 unspecified atom stereocenters. The van der Waals surface area contributed by atoms with Gasteiger partial charge in [0.2, 0.25) is 16.9 Å². The summed E-state index contributed by atoms with van der Waals surface area (Å²) in [6.07, 6.45) is 0.351. The Bertz CT molecular complexity index is 810. The highest BCUT2D eigenvalue weighted by atomic mass is 32.1. The Kier molecular flexibility index (Phi) is 7.12. The van der Waals surface area contributed by atoms with Gasteiger partial charge in [-0.1, -0.05) is 46.0 Å². The molecular formula is C20H28N4O3S. The molecule has 2 amide bonds. The molecule has 1 aromatic carbocycles. The van der Waals surface area contributed by atoms with Crippen molar-refractivity contribution < 1.29 is 14.3 Å². The average Bonchev–Trinajstić information content (AvgIpc) is 3.06. The lowest BCUT2D eigenvalue weighted by atomic mass is 9.91. The van der Waals surface area contributed by atoms with E-state index in [1.807, 2.05) is 58.9 Å². The molecule has 7 nitrogen and oxygen atoms in total. The van der Waals surface area contributed by atoms with Crippen molar-refractivity contribution in [3.63, 3.8) is 0 Å². The number of anilines is 1. The molecule has 1 atom stereocenters. The molecule has 0 radical (unpaired) electrons. The lowest BCUT2D eigenvalue weighted by Crippen LogP contribution is -2.47. The SMILES string of the molecule is COc1ccc(-c2nnc(NC(=O)[C@H](NC(=O)CC(C)(C)C)C(C)C)s2)cc1. The van der Waals surface area contributed by atoms with E-state index in [4.69, 9.17) is 4.74 Å². The number of hydrogen-bond donors (Lipinski definition) is 2. The third kappa shape index (κ3) is 6.30. The quantitative estimate of drug-likeness (QED) is 0.733. The fraction of sp³-hybridized carbons (Fsp3) is 0.500. The van der Waals surface area contributed by atoms with E-state index in [1.54, 1.807) is 7.11 Å². The molecule has 1 aromatic heterocycles. The van der Waals surface area contributed by atoms with Crippen molar-refractivity contribution >= 4 is 28.3 Å². The molecule has 2 aromatic rings. The lowest BCUT2D eigenvalue weighted by Gasteiger charge is -2.24. The van der Waals surface area contributed by atoms with Crippen molar-refractivity contribution in [3.8, 4) is 16.3 Å². The third-order valence-corrected chi connectivity index (χ3v) is 4.84. The van der Waals surface area contributed by atoms with Crippen LogP contribution in [-0.2, 0) is 9.59 Å². The highest BCUT2D eigenvalue weighted by Gasteiger charge is 2.27. The zero-order valence-corrected chi connectivity index (χ0v) is 18.0. The molecule has 0 saturated carbocycles. The van der Waals surface area contributed by atoms with Crippen molar-refractivity contribution in [1.29, 1.82) is 0 Å². The minimum atomic E-state index is -0.636. The first-order valence-corrected chi connectivity index (χ1v) is 9.99. The van der Waals surface area contributed by atoms with Crippen LogP contribution in [0.5, 0.6) is 5.75 Å². The Hall–Kier alpha value is -2.48. The normalized spacial score (nSPS) is 12.5. The highest BCUT2D eigenvalue weighted by Crippen LogP contribution is 2.28. The number of hydrogen-bond acceptors (Lipinski definition) is 6. The van der Waals surface area contributed by atoms with Gasteiger partial charge in [0.15, 0.2) is 0 Å². The Balaban J connectivity index is 2.05. The van der Waals surface area contributed by atoms with Gasteiger partial charge in [0, 0.05) is 12.0 Å². The second kappa shape index (κ2) is 9.14. The van der Waals surface area contributed by atoms with Gasteiger partial charge in [0.05, 0.1) is 7.11 Å². The fourth-order valence-corrected chi connectivity index (χ4v) is 3.30. The molecule has 0 spiro atoms. The maximum absolute atomic E-state index is 12.7. The number of carbonyl (C=O) groups is 2. The second-order valence-electron chi connectivity index (χ2n) is 8.16. The van der Waals surface area contributed by atoms with Gasteiger partial charge < -0.3 is 10.1 Å². The van der Waals surface area contributed by atoms with E-state index in [1.165, 1.54) is 11.3 Å². The minimum Gasteiger partial charge on any atom is -0.497 e. The van der Waals surface area contributed by atoms with Crippen LogP contribution in [0.3, 0.4) is 0 Å². The minimum absolute atomic E-state index is 0.0575. The maximum atomic E-state index is 12.7. The van der Waals surface area contributed by atoms with Crippen LogP contribution >= 0.6 is 11.3 Å². The van der Waals surface area contributed by atoms with E-state index >= 15 is 0 Å². The zero-order chi connectivity index (χ0) is 20.9. The van der Waals surface area contributed by atoms with E-state index in [9.17, 15) is 9.59 Å². The summed E-state index contributed by atoms with van der Waals surface area (Å²) in [7, 11) is 1.61. The highest BCUT2D eigenvalue weighted by molar-refractivity contribution is 7.18. The summed E-state index contributed by atoms with van der Waals surface area (Å²) in [6.45, 7) is 9.74. The molecule has 8 heteroatoms. The molecule has 0 aliphatic carbocycles. The van der Waals surface area contributed by atoms with Crippen molar-refractivity contribution in [2.24, 2.45) is 11.3 Å². The number of aromatic nitrogens is 2. The molecule has 0 aliphatic rings. The first kappa shape index (κ1) is 21.8. The largest absolute Gasteiger partial charge is 0.497 e. The van der Waals surface area contributed by atoms with E-state index in [0.29, 0.717) is 16.6 Å². The molecular weight excluding hydrogens is 376 g/mol. The molecule has 1 heterocycles. The Morgan fingerprint density at radius 1 is 1.14 bits per heavy atom. The fourth-order valence-electron chi connectivity index (χ4n) is 2.55. The summed E-state index contributed by atoms with van der Waals surface area (Å²) < 4.78 is 5.15. The molecule has 28 heavy (non-hydrogen) atoms. The number of methoxy groups -OCH3 is 1. The molecule has 0 bridgehead atoms. The summed E-state index contributed by atoms with van der Waals surface area (Å²) in [5, 5.41) is 14.9. The number of carbonyl (C=O) groups excluding carboxylic acids is 2. The number of nitrogens with one attached hydrogen (secondary N) is 2. The van der Waals surface area contributed by atoms with Crippen LogP contribution in [0, 0.1) is 11.3 Å². The van der Waals surface area contributed by atoms with Crippen molar-refractivity contribution in [2.75, 3.05) is 12.4 Å². The van der Waals surface area contributed by atoms with Crippen LogP contribution in [-0.4, -0.2) is 35.2 Å². The van der Waals surface area contributed by atoms with Gasteiger partial charge in [-0.3, -0.25) is 14.9 Å². The molecule has 0 saturated heterocycles. The summed E-state index contributed by atoms with van der Waals surface area (Å²) in [4.78, 5) is 24.9. The molecule has 2 rings (SSSR count). The number of rotatable bonds is 7. The average molecular weight is 405 g/mol. The summed E-state index contributed by atoms with van der Waals surface area (Å²) >= 11 is 1.28. The van der Waals surface area contributed by atoms with Gasteiger partial charge in [-0.15, -0.1) is 10.2 Å². The Labute approximate surface area is 169 Å². The lowest BCUT2D eigenvalue weighted by molar-refractivity contribution is -0.128. The van der Waals surface area contributed by atoms with Crippen LogP contribution in [0.4, 0.5) is 5.13 Å². The number of benzene rings is 1. The zero-order valence-electron chi connectivity index (χ0n) is 17.2. The van der Waals surface area contributed by atoms with Crippen LogP contribution in [0.25, 0.3) is 10.6 Å². The first-order chi connectivity index (χ1) is 13.1. The summed E-state index contributed by atoms with van der Waals surface area (Å²) in [5.74, 6) is 0.262. The Morgan fingerprint density at radius 2 is 1.79 bits per heavy atom. The topological polar surface area (TPSA) is 93.2 Å². The van der Waals surface area contributed by atoms with Gasteiger partial charge in [-0.2, -0.15) is 0 Å². The number of amides is 2. The smallest absolute Gasteiger partial charge is 0.249 e. The van der Waals surface area contributed by atoms with Gasteiger partial charge in [0.1, 0.15) is 16.8 Å². The molecule has 152 valence electrons. The van der Waals surface area contributed by atoms with Crippen LogP contribution in [0.2, 0.25) is 0 Å². The van der Waals surface area contributed by atoms with Crippen molar-refractivity contribution in [3.05, 3.63) is 24.3 Å². The van der Waals surface area contributed by atoms with Crippen molar-refractivity contribution in [2.45, 2.75) is 47.1 Å². The van der Waals surface area contributed by atoms with E-state index in [2.05, 4.69) is 20.8 Å². The van der Waals surface area contributed by atoms with Gasteiger partial charge >= 0.3 is 0 Å². The number of ether oxygens (including phenoxy) is 1. The predicted octanol–water partition coefficient (Wildman–Crippen LogP) is 3.73. The van der Waals surface area contributed by atoms with Crippen molar-refractivity contribution in [1.82, 2.24) is 15.5 Å². The predicted molar refractivity (Wildman–Crippen MR) is 111 cm³/mol. The second-order valence-corrected chi connectivity index (χ2v) is 9.13. The van der Waals surface area contributed by atoms with Gasteiger partial charge in [0.25, 0.3) is 0 Å². The third-order valence-electron chi connectivity index (χ3n) is 3.95. The maximum Gasteiger partial charge on any atom is 0.249 e. The standard InChI is InChI=1S/C20H28N4O3S/c1-12(2)16(21-15(25)11-20(3,4)5)17(26)22-19-24-23-18(28-19)13-7-9-14(27-6)10-8-13/h7-10,12,16H,11H2,1-6H3,(H,21,25)(H,22,24,26)/t16-/m1/s1. The van der Waals surface area contributed by atoms with E-state index < -0.39 is 6.04 Å². The van der Waals surface area contributed by atoms with Crippen LogP contribution in [0.15, 0.2) is 24.3 Å².